The number of nitrogens with zero attached hydrogens (tertiary/aromatic N) is 1. The van der Waals surface area contributed by atoms with Crippen molar-refractivity contribution < 1.29 is 0 Å². The first-order valence-corrected chi connectivity index (χ1v) is 7.22. The summed E-state index contributed by atoms with van der Waals surface area (Å²) in [7, 11) is 0. The monoisotopic (exact) mass is 226 g/mol. The molecule has 0 aromatic rings. The van der Waals surface area contributed by atoms with Crippen LogP contribution in [0, 0.1) is 5.92 Å². The maximum absolute atomic E-state index is 3.59. The molecule has 0 spiro atoms. The van der Waals surface area contributed by atoms with Gasteiger partial charge in [-0.2, -0.15) is 0 Å². The lowest BCUT2D eigenvalue weighted by Gasteiger charge is -2.28. The van der Waals surface area contributed by atoms with Crippen LogP contribution >= 0.6 is 0 Å². The van der Waals surface area contributed by atoms with E-state index in [-0.39, 0.29) is 0 Å². The Kier molecular flexibility index (Phi) is 7.06. The summed E-state index contributed by atoms with van der Waals surface area (Å²) in [4.78, 5) is 2.64. The summed E-state index contributed by atoms with van der Waals surface area (Å²) >= 11 is 0. The van der Waals surface area contributed by atoms with Gasteiger partial charge in [0.15, 0.2) is 0 Å². The van der Waals surface area contributed by atoms with Crippen molar-refractivity contribution in [2.24, 2.45) is 5.92 Å². The Bertz CT molecular complexity index is 166. The van der Waals surface area contributed by atoms with Crippen LogP contribution in [0.2, 0.25) is 0 Å². The Morgan fingerprint density at radius 2 is 2.00 bits per heavy atom. The van der Waals surface area contributed by atoms with E-state index in [0.29, 0.717) is 0 Å². The lowest BCUT2D eigenvalue weighted by atomic mass is 10.2. The Labute approximate surface area is 102 Å². The Balaban J connectivity index is 2.08. The lowest BCUT2D eigenvalue weighted by Crippen LogP contribution is -2.39. The van der Waals surface area contributed by atoms with Gasteiger partial charge in [0.05, 0.1) is 0 Å². The molecule has 1 fully saturated rings. The van der Waals surface area contributed by atoms with Gasteiger partial charge in [0, 0.05) is 19.1 Å². The molecule has 1 aliphatic carbocycles. The van der Waals surface area contributed by atoms with E-state index >= 15 is 0 Å². The molecule has 1 unspecified atom stereocenters. The highest BCUT2D eigenvalue weighted by molar-refractivity contribution is 4.76. The highest BCUT2D eigenvalue weighted by Crippen LogP contribution is 2.27. The minimum absolute atomic E-state index is 0.745. The van der Waals surface area contributed by atoms with Crippen LogP contribution in [0.5, 0.6) is 0 Å². The van der Waals surface area contributed by atoms with Gasteiger partial charge in [-0.15, -0.1) is 0 Å². The molecular weight excluding hydrogens is 196 g/mol. The van der Waals surface area contributed by atoms with Gasteiger partial charge in [-0.1, -0.05) is 20.3 Å². The second kappa shape index (κ2) is 8.08. The van der Waals surface area contributed by atoms with Gasteiger partial charge in [-0.3, -0.25) is 4.90 Å². The maximum Gasteiger partial charge on any atom is 0.0110 e. The minimum atomic E-state index is 0.745. The molecule has 0 bridgehead atoms. The van der Waals surface area contributed by atoms with Crippen LogP contribution in [0.1, 0.15) is 52.9 Å². The predicted octanol–water partition coefficient (Wildman–Crippen LogP) is 2.89. The average molecular weight is 226 g/mol. The highest BCUT2D eigenvalue weighted by Gasteiger charge is 2.20. The Morgan fingerprint density at radius 1 is 1.25 bits per heavy atom. The molecule has 1 atom stereocenters. The van der Waals surface area contributed by atoms with E-state index in [1.165, 1.54) is 58.3 Å². The quantitative estimate of drug-likeness (QED) is 0.576. The van der Waals surface area contributed by atoms with E-state index in [2.05, 4.69) is 31.0 Å². The number of hydrogen-bond acceptors (Lipinski definition) is 2. The lowest BCUT2D eigenvalue weighted by molar-refractivity contribution is 0.201. The van der Waals surface area contributed by atoms with Crippen molar-refractivity contribution >= 4 is 0 Å². The number of hydrogen-bond donors (Lipinski definition) is 1. The molecular formula is C14H30N2. The van der Waals surface area contributed by atoms with Gasteiger partial charge >= 0.3 is 0 Å². The summed E-state index contributed by atoms with van der Waals surface area (Å²) in [6.45, 7) is 11.9. The van der Waals surface area contributed by atoms with Gasteiger partial charge in [0.1, 0.15) is 0 Å². The van der Waals surface area contributed by atoms with E-state index in [9.17, 15) is 0 Å². The van der Waals surface area contributed by atoms with Crippen molar-refractivity contribution in [3.63, 3.8) is 0 Å². The van der Waals surface area contributed by atoms with Crippen molar-refractivity contribution in [3.8, 4) is 0 Å². The van der Waals surface area contributed by atoms with E-state index < -0.39 is 0 Å². The molecule has 0 aromatic heterocycles. The average Bonchev–Trinajstić information content (AvgIpc) is 3.11. The second-order valence-corrected chi connectivity index (χ2v) is 5.29. The Morgan fingerprint density at radius 3 is 2.56 bits per heavy atom. The van der Waals surface area contributed by atoms with Crippen molar-refractivity contribution in [3.05, 3.63) is 0 Å². The molecule has 2 heteroatoms. The molecule has 2 nitrogen and oxygen atoms in total. The zero-order valence-electron chi connectivity index (χ0n) is 11.5. The van der Waals surface area contributed by atoms with Crippen LogP contribution in [0.25, 0.3) is 0 Å². The number of rotatable bonds is 10. The standard InChI is InChI=1S/C14H30N2/c1-4-6-10-16(13(3)5-2)11-9-15-12-14-7-8-14/h13-15H,4-12H2,1-3H3. The molecule has 0 heterocycles. The van der Waals surface area contributed by atoms with Crippen LogP contribution < -0.4 is 5.32 Å². The molecule has 0 radical (unpaired) electrons. The van der Waals surface area contributed by atoms with Gasteiger partial charge in [-0.25, -0.2) is 0 Å². The van der Waals surface area contributed by atoms with Gasteiger partial charge in [0.2, 0.25) is 0 Å². The summed E-state index contributed by atoms with van der Waals surface area (Å²) in [5.41, 5.74) is 0. The third kappa shape index (κ3) is 5.86. The molecule has 0 saturated heterocycles. The minimum Gasteiger partial charge on any atom is -0.315 e. The van der Waals surface area contributed by atoms with Gasteiger partial charge in [-0.05, 0) is 51.6 Å². The smallest absolute Gasteiger partial charge is 0.0110 e. The largest absolute Gasteiger partial charge is 0.315 e. The first kappa shape index (κ1) is 14.0. The molecule has 1 N–H and O–H groups in total. The van der Waals surface area contributed by atoms with E-state index in [1.807, 2.05) is 0 Å². The van der Waals surface area contributed by atoms with Gasteiger partial charge < -0.3 is 5.32 Å². The Hall–Kier alpha value is -0.0800. The highest BCUT2D eigenvalue weighted by atomic mass is 15.2. The molecule has 16 heavy (non-hydrogen) atoms. The summed E-state index contributed by atoms with van der Waals surface area (Å²) in [5, 5.41) is 3.59. The molecule has 1 saturated carbocycles. The molecule has 1 rings (SSSR count). The van der Waals surface area contributed by atoms with Crippen LogP contribution in [-0.2, 0) is 0 Å². The van der Waals surface area contributed by atoms with Crippen LogP contribution in [0.15, 0.2) is 0 Å². The normalized spacial score (nSPS) is 18.0. The molecule has 96 valence electrons. The third-order valence-electron chi connectivity index (χ3n) is 3.72. The fourth-order valence-electron chi connectivity index (χ4n) is 2.02. The number of nitrogens with one attached hydrogen (secondary N) is 1. The van der Waals surface area contributed by atoms with Crippen LogP contribution in [-0.4, -0.2) is 37.1 Å². The number of unbranched alkanes of at least 4 members (excludes halogenated alkanes) is 1. The van der Waals surface area contributed by atoms with Crippen molar-refractivity contribution in [1.29, 1.82) is 0 Å². The first-order chi connectivity index (χ1) is 7.77. The summed E-state index contributed by atoms with van der Waals surface area (Å²) in [6.07, 6.45) is 6.83. The zero-order chi connectivity index (χ0) is 11.8. The van der Waals surface area contributed by atoms with Crippen molar-refractivity contribution in [2.45, 2.75) is 58.9 Å². The molecule has 0 amide bonds. The summed E-state index contributed by atoms with van der Waals surface area (Å²) in [5.74, 6) is 1.01. The SMILES string of the molecule is CCCCN(CCNCC1CC1)C(C)CC. The fourth-order valence-corrected chi connectivity index (χ4v) is 2.02. The molecule has 1 aliphatic rings. The first-order valence-electron chi connectivity index (χ1n) is 7.22. The molecule has 0 aromatic carbocycles. The third-order valence-corrected chi connectivity index (χ3v) is 3.72. The van der Waals surface area contributed by atoms with Crippen LogP contribution in [0.4, 0.5) is 0 Å². The van der Waals surface area contributed by atoms with Crippen molar-refractivity contribution in [2.75, 3.05) is 26.2 Å². The topological polar surface area (TPSA) is 15.3 Å². The van der Waals surface area contributed by atoms with E-state index in [1.54, 1.807) is 0 Å². The van der Waals surface area contributed by atoms with E-state index in [4.69, 9.17) is 0 Å². The predicted molar refractivity (Wildman–Crippen MR) is 71.8 cm³/mol. The molecule has 0 aliphatic heterocycles. The summed E-state index contributed by atoms with van der Waals surface area (Å²) in [6, 6.07) is 0.745. The van der Waals surface area contributed by atoms with Crippen LogP contribution in [0.3, 0.4) is 0 Å². The zero-order valence-corrected chi connectivity index (χ0v) is 11.5. The second-order valence-electron chi connectivity index (χ2n) is 5.29. The van der Waals surface area contributed by atoms with Gasteiger partial charge in [0.25, 0.3) is 0 Å². The fraction of sp³-hybridized carbons (Fsp3) is 1.00. The maximum atomic E-state index is 3.59. The van der Waals surface area contributed by atoms with Crippen molar-refractivity contribution in [1.82, 2.24) is 10.2 Å². The summed E-state index contributed by atoms with van der Waals surface area (Å²) < 4.78 is 0. The van der Waals surface area contributed by atoms with E-state index in [0.717, 1.165) is 12.0 Å².